The van der Waals surface area contributed by atoms with Gasteiger partial charge in [-0.3, -0.25) is 4.79 Å². The molecular weight excluding hydrogens is 284 g/mol. The lowest BCUT2D eigenvalue weighted by molar-refractivity contribution is -0.131. The van der Waals surface area contributed by atoms with Crippen LogP contribution in [0.1, 0.15) is 28.8 Å². The third-order valence-electron chi connectivity index (χ3n) is 3.11. The summed E-state index contributed by atoms with van der Waals surface area (Å²) in [5, 5.41) is 6.09. The van der Waals surface area contributed by atoms with Crippen molar-refractivity contribution in [3.05, 3.63) is 52.0 Å². The summed E-state index contributed by atoms with van der Waals surface area (Å²) in [6.45, 7) is 2.62. The second-order valence-corrected chi connectivity index (χ2v) is 5.75. The van der Waals surface area contributed by atoms with Gasteiger partial charge < -0.3 is 10.1 Å². The van der Waals surface area contributed by atoms with E-state index >= 15 is 0 Å². The Morgan fingerprint density at radius 2 is 2.14 bits per heavy atom. The molecule has 1 amide bonds. The van der Waals surface area contributed by atoms with Crippen LogP contribution < -0.4 is 5.32 Å². The van der Waals surface area contributed by atoms with Gasteiger partial charge in [0.2, 0.25) is 0 Å². The van der Waals surface area contributed by atoms with E-state index in [1.807, 2.05) is 42.6 Å². The molecule has 1 heterocycles. The number of methoxy groups -OCH3 is 1. The molecule has 0 aliphatic rings. The zero-order valence-corrected chi connectivity index (χ0v) is 13.2. The Kier molecular flexibility index (Phi) is 5.90. The lowest BCUT2D eigenvalue weighted by Gasteiger charge is -2.15. The van der Waals surface area contributed by atoms with E-state index in [1.54, 1.807) is 18.4 Å². The van der Waals surface area contributed by atoms with Gasteiger partial charge in [0.25, 0.3) is 5.91 Å². The number of rotatable bonds is 7. The number of nitrogens with zero attached hydrogens (tertiary/aromatic N) is 1. The predicted octanol–water partition coefficient (Wildman–Crippen LogP) is 2.89. The Bertz CT molecular complexity index is 569. The highest BCUT2D eigenvalue weighted by molar-refractivity contribution is 7.09. The SMILES string of the molecule is COC(C(=O)NCCCc1nc(C)cs1)c1ccccc1. The van der Waals surface area contributed by atoms with Crippen molar-refractivity contribution >= 4 is 17.2 Å². The van der Waals surface area contributed by atoms with Crippen LogP contribution in [0.3, 0.4) is 0 Å². The van der Waals surface area contributed by atoms with Gasteiger partial charge in [0.05, 0.1) is 5.01 Å². The van der Waals surface area contributed by atoms with Gasteiger partial charge in [-0.1, -0.05) is 30.3 Å². The highest BCUT2D eigenvalue weighted by atomic mass is 32.1. The summed E-state index contributed by atoms with van der Waals surface area (Å²) >= 11 is 1.67. The number of benzene rings is 1. The zero-order valence-electron chi connectivity index (χ0n) is 12.3. The molecule has 5 heteroatoms. The maximum absolute atomic E-state index is 12.1. The standard InChI is InChI=1S/C16H20N2O2S/c1-12-11-21-14(18-12)9-6-10-17-16(19)15(20-2)13-7-4-3-5-8-13/h3-5,7-8,11,15H,6,9-10H2,1-2H3,(H,17,19). The van der Waals surface area contributed by atoms with E-state index < -0.39 is 6.10 Å². The first-order chi connectivity index (χ1) is 10.2. The summed E-state index contributed by atoms with van der Waals surface area (Å²) in [6.07, 6.45) is 1.22. The van der Waals surface area contributed by atoms with Gasteiger partial charge in [0.15, 0.2) is 6.10 Å². The maximum Gasteiger partial charge on any atom is 0.253 e. The number of carbonyl (C=O) groups excluding carboxylic acids is 1. The van der Waals surface area contributed by atoms with Crippen LogP contribution in [-0.4, -0.2) is 24.5 Å². The van der Waals surface area contributed by atoms with E-state index in [-0.39, 0.29) is 5.91 Å². The number of carbonyl (C=O) groups is 1. The van der Waals surface area contributed by atoms with Crippen LogP contribution in [-0.2, 0) is 16.0 Å². The molecule has 1 N–H and O–H groups in total. The molecule has 112 valence electrons. The predicted molar refractivity (Wildman–Crippen MR) is 84.4 cm³/mol. The molecule has 1 aromatic carbocycles. The van der Waals surface area contributed by atoms with Gasteiger partial charge >= 0.3 is 0 Å². The van der Waals surface area contributed by atoms with E-state index in [9.17, 15) is 4.79 Å². The normalized spacial score (nSPS) is 12.1. The highest BCUT2D eigenvalue weighted by Gasteiger charge is 2.18. The third kappa shape index (κ3) is 4.65. The van der Waals surface area contributed by atoms with Crippen LogP contribution in [0.2, 0.25) is 0 Å². The molecule has 0 bridgehead atoms. The van der Waals surface area contributed by atoms with Crippen molar-refractivity contribution in [1.82, 2.24) is 10.3 Å². The zero-order chi connectivity index (χ0) is 15.1. The molecule has 0 saturated carbocycles. The van der Waals surface area contributed by atoms with E-state index in [4.69, 9.17) is 4.74 Å². The summed E-state index contributed by atoms with van der Waals surface area (Å²) < 4.78 is 5.29. The number of ether oxygens (including phenoxy) is 1. The summed E-state index contributed by atoms with van der Waals surface area (Å²) in [6, 6.07) is 9.52. The number of amides is 1. The number of nitrogens with one attached hydrogen (secondary N) is 1. The number of hydrogen-bond donors (Lipinski definition) is 1. The van der Waals surface area contributed by atoms with Crippen LogP contribution in [0, 0.1) is 6.92 Å². The Labute approximate surface area is 129 Å². The van der Waals surface area contributed by atoms with Gasteiger partial charge in [-0.05, 0) is 18.9 Å². The van der Waals surface area contributed by atoms with Crippen molar-refractivity contribution in [2.24, 2.45) is 0 Å². The van der Waals surface area contributed by atoms with E-state index in [0.717, 1.165) is 29.1 Å². The second kappa shape index (κ2) is 7.90. The van der Waals surface area contributed by atoms with Crippen molar-refractivity contribution in [2.45, 2.75) is 25.9 Å². The molecule has 1 atom stereocenters. The number of aromatic nitrogens is 1. The fourth-order valence-electron chi connectivity index (χ4n) is 2.08. The van der Waals surface area contributed by atoms with Crippen LogP contribution in [0.5, 0.6) is 0 Å². The molecule has 0 saturated heterocycles. The van der Waals surface area contributed by atoms with Crippen LogP contribution in [0.25, 0.3) is 0 Å². The number of aryl methyl sites for hydroxylation is 2. The molecule has 0 aliphatic carbocycles. The second-order valence-electron chi connectivity index (χ2n) is 4.80. The fourth-order valence-corrected chi connectivity index (χ4v) is 2.90. The average Bonchev–Trinajstić information content (AvgIpc) is 2.91. The van der Waals surface area contributed by atoms with Gasteiger partial charge in [0, 0.05) is 31.1 Å². The van der Waals surface area contributed by atoms with Crippen molar-refractivity contribution in [3.63, 3.8) is 0 Å². The quantitative estimate of drug-likeness (QED) is 0.800. The summed E-state index contributed by atoms with van der Waals surface area (Å²) in [4.78, 5) is 16.5. The minimum Gasteiger partial charge on any atom is -0.367 e. The average molecular weight is 304 g/mol. The Morgan fingerprint density at radius 3 is 2.76 bits per heavy atom. The van der Waals surface area contributed by atoms with Crippen molar-refractivity contribution in [2.75, 3.05) is 13.7 Å². The molecule has 0 fully saturated rings. The number of hydrogen-bond acceptors (Lipinski definition) is 4. The molecule has 21 heavy (non-hydrogen) atoms. The van der Waals surface area contributed by atoms with E-state index in [2.05, 4.69) is 10.3 Å². The first-order valence-electron chi connectivity index (χ1n) is 6.97. The molecule has 0 spiro atoms. The molecule has 2 aromatic rings. The Morgan fingerprint density at radius 1 is 1.38 bits per heavy atom. The van der Waals surface area contributed by atoms with Gasteiger partial charge in [0.1, 0.15) is 0 Å². The lowest BCUT2D eigenvalue weighted by Crippen LogP contribution is -2.31. The van der Waals surface area contributed by atoms with E-state index in [1.165, 1.54) is 0 Å². The first-order valence-corrected chi connectivity index (χ1v) is 7.85. The van der Waals surface area contributed by atoms with E-state index in [0.29, 0.717) is 6.54 Å². The van der Waals surface area contributed by atoms with Crippen LogP contribution >= 0.6 is 11.3 Å². The summed E-state index contributed by atoms with van der Waals surface area (Å²) in [5.74, 6) is -0.0981. The molecule has 0 aliphatic heterocycles. The molecule has 2 rings (SSSR count). The fraction of sp³-hybridized carbons (Fsp3) is 0.375. The Balaban J connectivity index is 1.78. The van der Waals surface area contributed by atoms with Gasteiger partial charge in [-0.2, -0.15) is 0 Å². The largest absolute Gasteiger partial charge is 0.367 e. The first kappa shape index (κ1) is 15.7. The van der Waals surface area contributed by atoms with Crippen molar-refractivity contribution in [1.29, 1.82) is 0 Å². The minimum absolute atomic E-state index is 0.0981. The van der Waals surface area contributed by atoms with Crippen LogP contribution in [0.15, 0.2) is 35.7 Å². The third-order valence-corrected chi connectivity index (χ3v) is 4.14. The molecule has 1 unspecified atom stereocenters. The maximum atomic E-state index is 12.1. The molecule has 1 aromatic heterocycles. The lowest BCUT2D eigenvalue weighted by atomic mass is 10.1. The van der Waals surface area contributed by atoms with Gasteiger partial charge in [-0.25, -0.2) is 4.98 Å². The topological polar surface area (TPSA) is 51.2 Å². The van der Waals surface area contributed by atoms with Gasteiger partial charge in [-0.15, -0.1) is 11.3 Å². The van der Waals surface area contributed by atoms with Crippen molar-refractivity contribution in [3.8, 4) is 0 Å². The molecule has 4 nitrogen and oxygen atoms in total. The Hall–Kier alpha value is -1.72. The molecule has 0 radical (unpaired) electrons. The van der Waals surface area contributed by atoms with Crippen molar-refractivity contribution < 1.29 is 9.53 Å². The smallest absolute Gasteiger partial charge is 0.253 e. The summed E-state index contributed by atoms with van der Waals surface area (Å²) in [7, 11) is 1.55. The highest BCUT2D eigenvalue weighted by Crippen LogP contribution is 2.16. The minimum atomic E-state index is -0.548. The number of thiazole rings is 1. The molecular formula is C16H20N2O2S. The van der Waals surface area contributed by atoms with Crippen LogP contribution in [0.4, 0.5) is 0 Å². The summed E-state index contributed by atoms with van der Waals surface area (Å²) in [5.41, 5.74) is 1.93. The monoisotopic (exact) mass is 304 g/mol.